The number of hydrogen-bond acceptors (Lipinski definition) is 18. The number of fused-ring (bicyclic) bond motifs is 2. The van der Waals surface area contributed by atoms with Gasteiger partial charge < -0.3 is 96.7 Å². The largest absolute Gasteiger partial charge is 2.00 e. The number of aliphatic hydroxyl groups excluding tert-OH is 3. The number of pyridine rings is 2. The number of hydrogen-bond donors (Lipinski definition) is 3. The number of benzene rings is 2. The van der Waals surface area contributed by atoms with Crippen LogP contribution in [0.15, 0.2) is 141 Å². The number of sulfone groups is 2. The molecule has 10 rings (SSSR count). The van der Waals surface area contributed by atoms with Gasteiger partial charge in [0.05, 0.1) is 49.0 Å². The molecule has 6 aliphatic rings. The molecule has 110 heavy (non-hydrogen) atoms. The summed E-state index contributed by atoms with van der Waals surface area (Å²) >= 11 is 0.569. The van der Waals surface area contributed by atoms with E-state index < -0.39 is 51.3 Å². The quantitative estimate of drug-likeness (QED) is 0.0364. The van der Waals surface area contributed by atoms with Gasteiger partial charge in [0, 0.05) is 101 Å². The van der Waals surface area contributed by atoms with Crippen molar-refractivity contribution in [3.05, 3.63) is 165 Å². The minimum atomic E-state index is -3.99. The Morgan fingerprint density at radius 1 is 0.545 bits per heavy atom. The molecule has 1 saturated heterocycles. The van der Waals surface area contributed by atoms with Gasteiger partial charge in [0.2, 0.25) is 41.1 Å². The predicted molar refractivity (Wildman–Crippen MR) is 430 cm³/mol. The molecule has 0 bridgehead atoms. The molecule has 4 aromatic rings. The van der Waals surface area contributed by atoms with E-state index in [2.05, 4.69) is 113 Å². The number of rotatable bonds is 22. The topological polar surface area (TPSA) is 445 Å². The molecular formula is C77H122Cl4N7Ni2O18S2+. The molecule has 0 atom stereocenters. The Balaban J connectivity index is -0.000000314. The van der Waals surface area contributed by atoms with Crippen molar-refractivity contribution in [3.8, 4) is 0 Å². The molecule has 0 unspecified atom stereocenters. The van der Waals surface area contributed by atoms with E-state index in [9.17, 15) is 36.3 Å². The van der Waals surface area contributed by atoms with Crippen molar-refractivity contribution in [3.63, 3.8) is 0 Å². The number of halogens is 4. The molecule has 25 nitrogen and oxygen atoms in total. The smallest absolute Gasteiger partial charge is 2.00 e. The number of unbranched alkanes of at least 4 members (excludes halogenated alkanes) is 4. The third-order valence-electron chi connectivity index (χ3n) is 18.7. The van der Waals surface area contributed by atoms with Crippen molar-refractivity contribution in [1.29, 1.82) is 0 Å². The number of anilines is 2. The maximum Gasteiger partial charge on any atom is 2.00 e. The van der Waals surface area contributed by atoms with Gasteiger partial charge in [-0.15, -0.1) is 0 Å². The Morgan fingerprint density at radius 2 is 0.891 bits per heavy atom. The van der Waals surface area contributed by atoms with Crippen molar-refractivity contribution in [2.75, 3.05) is 76.4 Å². The second-order valence-electron chi connectivity index (χ2n) is 25.2. The van der Waals surface area contributed by atoms with Gasteiger partial charge in [0.25, 0.3) is 5.95 Å². The first kappa shape index (κ1) is 115. The third-order valence-corrected chi connectivity index (χ3v) is 23.4. The molecule has 0 amide bonds. The predicted octanol–water partition coefficient (Wildman–Crippen LogP) is 5.76. The molecule has 3 fully saturated rings. The molecule has 4 heterocycles. The zero-order chi connectivity index (χ0) is 74.8. The summed E-state index contributed by atoms with van der Waals surface area (Å²) < 4.78 is 63.6. The van der Waals surface area contributed by atoms with Crippen molar-refractivity contribution >= 4 is 91.8 Å². The third kappa shape index (κ3) is 30.3. The summed E-state index contributed by atoms with van der Waals surface area (Å²) in [6, 6.07) is 20.0. The van der Waals surface area contributed by atoms with Crippen molar-refractivity contribution < 1.29 is 147 Å². The Labute approximate surface area is 690 Å². The first-order chi connectivity index (χ1) is 48.6. The van der Waals surface area contributed by atoms with Crippen molar-refractivity contribution in [2.45, 2.75) is 195 Å². The van der Waals surface area contributed by atoms with E-state index in [0.29, 0.717) is 62.6 Å². The summed E-state index contributed by atoms with van der Waals surface area (Å²) in [5, 5.41) is 24.1. The van der Waals surface area contributed by atoms with E-state index in [-0.39, 0.29) is 98.6 Å². The van der Waals surface area contributed by atoms with Crippen LogP contribution >= 0.6 is 20.4 Å². The van der Waals surface area contributed by atoms with E-state index in [4.69, 9.17) is 50.1 Å². The average molecular weight is 1760 g/mol. The van der Waals surface area contributed by atoms with Gasteiger partial charge >= 0.3 is 55.5 Å². The normalized spacial score (nSPS) is 16.8. The van der Waals surface area contributed by atoms with Crippen LogP contribution in [-0.4, -0.2) is 185 Å². The van der Waals surface area contributed by atoms with Gasteiger partial charge in [0.15, 0.2) is 9.81 Å². The minimum Gasteiger partial charge on any atom is 2.00 e. The number of aliphatic hydroxyl groups is 3. The molecule has 2 saturated carbocycles. The summed E-state index contributed by atoms with van der Waals surface area (Å²) in [5.41, 5.74) is 10.5. The summed E-state index contributed by atoms with van der Waals surface area (Å²) in [7, 11) is 3.48. The van der Waals surface area contributed by atoms with Crippen LogP contribution in [0.25, 0.3) is 0 Å². The summed E-state index contributed by atoms with van der Waals surface area (Å²) in [6.45, 7) is 31.7. The Morgan fingerprint density at radius 3 is 1.22 bits per heavy atom. The maximum absolute atomic E-state index is 12.9. The number of allylic oxidation sites excluding steroid dienone is 7. The van der Waals surface area contributed by atoms with Gasteiger partial charge in [-0.3, -0.25) is 19.6 Å². The van der Waals surface area contributed by atoms with Gasteiger partial charge in [-0.25, -0.2) is 31.6 Å². The summed E-state index contributed by atoms with van der Waals surface area (Å²) in [6.07, 6.45) is 29.8. The van der Waals surface area contributed by atoms with Gasteiger partial charge in [0.1, 0.15) is 11.4 Å². The van der Waals surface area contributed by atoms with Crippen LogP contribution in [0.5, 0.6) is 0 Å². The van der Waals surface area contributed by atoms with Crippen LogP contribution in [0, 0.1) is 13.8 Å². The first-order valence-corrected chi connectivity index (χ1v) is 41.3. The number of quaternary nitrogens is 1. The van der Waals surface area contributed by atoms with Crippen LogP contribution in [0.3, 0.4) is 0 Å². The number of carbonyl (C=O) groups is 3. The van der Waals surface area contributed by atoms with Gasteiger partial charge in [-0.05, 0) is 201 Å². The molecule has 0 radical (unpaired) electrons. The van der Waals surface area contributed by atoms with Crippen LogP contribution in [0.2, 0.25) is 0 Å². The SMILES string of the molecule is CCCC[N+](CCCC)(CCCC)CCCC.CCN(CC)c1ccc(N=C2C=CC(=O)c3ncccc32)c(C)c1.CCN(CC)c1ccc(N=C2C=CC(=O)c3ncccc32)c(C)c1.CO.CO.O.O.O.O.O.O.O=C1OC2(CCCCC2)S(=O)(=O)/C1=C/C=C/C1=C(O)OC2(CCCCC2)S1(=O)=O.[Cl-].[Cl-].[Cl][Ni][Cl].[Ni+2]. The number of aromatic nitrogens is 2. The van der Waals surface area contributed by atoms with E-state index >= 15 is 0 Å². The number of ether oxygens (including phenoxy) is 2. The van der Waals surface area contributed by atoms with E-state index in [0.717, 1.165) is 117 Å². The number of carbonyl (C=O) groups excluding carboxylic acids is 3. The van der Waals surface area contributed by atoms with Crippen molar-refractivity contribution in [1.82, 2.24) is 9.97 Å². The fourth-order valence-electron chi connectivity index (χ4n) is 13.1. The number of aliphatic imine (C=N–C) groups is 2. The molecule has 33 heteroatoms. The Kier molecular flexibility index (Phi) is 61.2. The maximum atomic E-state index is 12.9. The first-order valence-electron chi connectivity index (χ1n) is 35.6. The fourth-order valence-corrected chi connectivity index (χ4v) is 17.0. The second kappa shape index (κ2) is 58.3. The van der Waals surface area contributed by atoms with E-state index in [1.807, 2.05) is 36.4 Å². The van der Waals surface area contributed by atoms with Gasteiger partial charge in [-0.2, -0.15) is 0 Å². The minimum absolute atomic E-state index is 0. The average Bonchev–Trinajstić information content (AvgIpc) is 1.57. The summed E-state index contributed by atoms with van der Waals surface area (Å²) in [5.74, 6) is -1.76. The molecule has 2 aromatic carbocycles. The van der Waals surface area contributed by atoms with Crippen LogP contribution in [0.1, 0.15) is 214 Å². The number of ketones is 2. The van der Waals surface area contributed by atoms with E-state index in [1.165, 1.54) is 106 Å². The second-order valence-corrected chi connectivity index (χ2v) is 31.2. The van der Waals surface area contributed by atoms with E-state index in [1.54, 1.807) is 24.5 Å². The molecule has 2 spiro atoms. The standard InChI is InChI=1S/2C20H21N3O.C19H24O8S2.C16H36N.2CH4O.4ClH.2Ni.6H2O/c2*1-4-23(5-2)15-8-9-17(14(3)13-15)22-18-10-11-19(24)20-16(18)7-6-12-21-20;20-16-14(28(22,23)18(26-16)10-3-1-4-11-18)8-7-9-15-17(21)27-19(29(15,24)25)12-5-2-6-13-19;1-5-9-13-17(14-10-6-2,15-11-7-3)16-12-8-4;2*1-2;;;;;;;;;;;;/h2*6-13H,4-5H2,1-3H3;7-9,20H,1-6,10-13H2;5-16H2,1-4H3;2*2H,1H3;4*1H;;;6*1H2/q;;;+1;;;;;;;2*+2;;;;;;/p-4/b;;8-7+,15-9+;;;;;;;;;;;;;;;. The summed E-state index contributed by atoms with van der Waals surface area (Å²) in [4.78, 5) is 54.7. The Hall–Kier alpha value is -5.52. The van der Waals surface area contributed by atoms with Crippen LogP contribution < -0.4 is 34.6 Å². The molecule has 15 N–H and O–H groups in total. The zero-order valence-corrected chi connectivity index (χ0v) is 72.1. The molecule has 2 aromatic heterocycles. The van der Waals surface area contributed by atoms with Gasteiger partial charge in [-0.1, -0.05) is 72.3 Å². The number of esters is 1. The number of aryl methyl sites for hydroxylation is 2. The van der Waals surface area contributed by atoms with Crippen LogP contribution in [0.4, 0.5) is 22.7 Å². The Bertz CT molecular complexity index is 3650. The van der Waals surface area contributed by atoms with Crippen LogP contribution in [-0.2, 0) is 63.1 Å². The molecule has 632 valence electrons. The molecule has 2 aliphatic heterocycles. The molecule has 4 aliphatic carbocycles. The number of nitrogens with zero attached hydrogens (tertiary/aromatic N) is 7. The van der Waals surface area contributed by atoms with Crippen molar-refractivity contribution in [2.24, 2.45) is 9.98 Å². The zero-order valence-electron chi connectivity index (χ0n) is 65.5. The fraction of sp³-hybridized carbons (Fsp3) is 0.519. The monoisotopic (exact) mass is 1750 g/mol. The molecular weight excluding hydrogens is 1630 g/mol.